The maximum absolute atomic E-state index is 16.9. The summed E-state index contributed by atoms with van der Waals surface area (Å²) in [6.07, 6.45) is 2.69. The van der Waals surface area contributed by atoms with Gasteiger partial charge >= 0.3 is 0 Å². The molecule has 0 spiro atoms. The predicted molar refractivity (Wildman–Crippen MR) is 103 cm³/mol. The van der Waals surface area contributed by atoms with Gasteiger partial charge in [0, 0.05) is 36.0 Å². The Labute approximate surface area is 170 Å². The number of halogens is 2. The second-order valence-corrected chi connectivity index (χ2v) is 10.6. The van der Waals surface area contributed by atoms with E-state index in [1.807, 2.05) is 13.8 Å². The Hall–Kier alpha value is -0.810. The molecule has 0 aromatic carbocycles. The molecule has 4 rings (SSSR count). The molecule has 0 aromatic heterocycles. The SMILES string of the molecule is CC1C[C@H]2[C@@H]3CCC4CC(=O)CC[C@]4(C)[C@@]3(F)C(=O)C[C@]2(C)[C@@]1(O)C(=O)CCl. The van der Waals surface area contributed by atoms with Crippen molar-refractivity contribution in [3.05, 3.63) is 0 Å². The van der Waals surface area contributed by atoms with Gasteiger partial charge < -0.3 is 5.11 Å². The molecular weight excluding hydrogens is 383 g/mol. The molecule has 28 heavy (non-hydrogen) atoms. The van der Waals surface area contributed by atoms with Crippen molar-refractivity contribution in [1.29, 1.82) is 0 Å². The highest BCUT2D eigenvalue weighted by Gasteiger charge is 2.76. The molecular formula is C22H30ClFO4. The van der Waals surface area contributed by atoms with E-state index in [1.165, 1.54) is 0 Å². The molecule has 4 saturated carbocycles. The lowest BCUT2D eigenvalue weighted by Gasteiger charge is -2.62. The lowest BCUT2D eigenvalue weighted by molar-refractivity contribution is -0.207. The lowest BCUT2D eigenvalue weighted by Crippen LogP contribution is -2.69. The molecule has 4 aliphatic carbocycles. The number of carbonyl (C=O) groups is 3. The smallest absolute Gasteiger partial charge is 0.179 e. The topological polar surface area (TPSA) is 71.4 Å². The summed E-state index contributed by atoms with van der Waals surface area (Å²) in [5.41, 5.74) is -5.53. The number of alkyl halides is 2. The molecule has 0 aromatic rings. The van der Waals surface area contributed by atoms with Crippen LogP contribution in [0.3, 0.4) is 0 Å². The van der Waals surface area contributed by atoms with Gasteiger partial charge in [0.05, 0.1) is 5.88 Å². The van der Waals surface area contributed by atoms with Gasteiger partial charge in [-0.05, 0) is 43.4 Å². The summed E-state index contributed by atoms with van der Waals surface area (Å²) < 4.78 is 16.9. The monoisotopic (exact) mass is 412 g/mol. The van der Waals surface area contributed by atoms with Crippen molar-refractivity contribution in [2.45, 2.75) is 77.0 Å². The second kappa shape index (κ2) is 6.10. The van der Waals surface area contributed by atoms with Crippen LogP contribution in [0.4, 0.5) is 4.39 Å². The first-order chi connectivity index (χ1) is 13.0. The highest BCUT2D eigenvalue weighted by Crippen LogP contribution is 2.70. The molecule has 0 heterocycles. The minimum absolute atomic E-state index is 0.106. The summed E-state index contributed by atoms with van der Waals surface area (Å²) in [6.45, 7) is 5.44. The van der Waals surface area contributed by atoms with Crippen LogP contribution in [0.2, 0.25) is 0 Å². The molecule has 0 amide bonds. The first-order valence-electron chi connectivity index (χ1n) is 10.5. The molecule has 0 radical (unpaired) electrons. The standard InChI is InChI=1S/C22H30ClFO4/c1-12-8-16-15-5-4-13-9-14(25)6-7-19(13,2)21(15,24)17(26)10-20(16,3)22(12,28)18(27)11-23/h12-13,15-16,28H,4-11H2,1-3H3/t12?,13?,15-,16-,19-,20-,21-,22-/m0/s1. The minimum Gasteiger partial charge on any atom is -0.381 e. The number of carbonyl (C=O) groups excluding carboxylic acids is 3. The first kappa shape index (κ1) is 20.5. The Balaban J connectivity index is 1.80. The van der Waals surface area contributed by atoms with E-state index in [9.17, 15) is 19.5 Å². The van der Waals surface area contributed by atoms with E-state index >= 15 is 4.39 Å². The summed E-state index contributed by atoms with van der Waals surface area (Å²) in [5.74, 6) is -2.36. The third-order valence-corrected chi connectivity index (χ3v) is 9.68. The lowest BCUT2D eigenvalue weighted by atomic mass is 9.42. The zero-order valence-corrected chi connectivity index (χ0v) is 17.7. The zero-order valence-electron chi connectivity index (χ0n) is 16.9. The molecule has 0 aliphatic heterocycles. The normalized spacial score (nSPS) is 53.4. The summed E-state index contributed by atoms with van der Waals surface area (Å²) in [4.78, 5) is 38.1. The highest BCUT2D eigenvalue weighted by molar-refractivity contribution is 6.29. The second-order valence-electron chi connectivity index (χ2n) is 10.3. The zero-order chi connectivity index (χ0) is 20.7. The van der Waals surface area contributed by atoms with Gasteiger partial charge in [0.2, 0.25) is 0 Å². The fraction of sp³-hybridized carbons (Fsp3) is 0.864. The molecule has 0 saturated heterocycles. The maximum Gasteiger partial charge on any atom is 0.179 e. The van der Waals surface area contributed by atoms with Gasteiger partial charge in [0.25, 0.3) is 0 Å². The van der Waals surface area contributed by atoms with Crippen LogP contribution >= 0.6 is 11.6 Å². The molecule has 8 atom stereocenters. The van der Waals surface area contributed by atoms with Crippen molar-refractivity contribution in [1.82, 2.24) is 0 Å². The molecule has 4 aliphatic rings. The van der Waals surface area contributed by atoms with Gasteiger partial charge in [-0.2, -0.15) is 0 Å². The van der Waals surface area contributed by atoms with Crippen molar-refractivity contribution in [3.63, 3.8) is 0 Å². The Kier molecular flexibility index (Phi) is 4.46. The van der Waals surface area contributed by atoms with Crippen molar-refractivity contribution >= 4 is 29.0 Å². The van der Waals surface area contributed by atoms with Gasteiger partial charge in [0.15, 0.2) is 17.2 Å². The van der Waals surface area contributed by atoms with Gasteiger partial charge in [0.1, 0.15) is 11.4 Å². The minimum atomic E-state index is -1.99. The molecule has 0 bridgehead atoms. The number of rotatable bonds is 2. The third kappa shape index (κ3) is 2.13. The number of ketones is 3. The predicted octanol–water partition coefficient (Wildman–Crippen LogP) is 3.65. The van der Waals surface area contributed by atoms with E-state index in [4.69, 9.17) is 11.6 Å². The molecule has 6 heteroatoms. The summed E-state index contributed by atoms with van der Waals surface area (Å²) >= 11 is 5.81. The maximum atomic E-state index is 16.9. The van der Waals surface area contributed by atoms with Crippen LogP contribution in [0.5, 0.6) is 0 Å². The number of hydrogen-bond donors (Lipinski definition) is 1. The average molecular weight is 413 g/mol. The van der Waals surface area contributed by atoms with E-state index in [2.05, 4.69) is 0 Å². The van der Waals surface area contributed by atoms with Crippen molar-refractivity contribution in [2.75, 3.05) is 5.88 Å². The Morgan fingerprint density at radius 1 is 1.21 bits per heavy atom. The summed E-state index contributed by atoms with van der Waals surface area (Å²) in [6, 6.07) is 0. The van der Waals surface area contributed by atoms with E-state index < -0.39 is 39.6 Å². The summed E-state index contributed by atoms with van der Waals surface area (Å²) in [5, 5.41) is 11.5. The molecule has 4 fully saturated rings. The van der Waals surface area contributed by atoms with Crippen LogP contribution in [0.15, 0.2) is 0 Å². The van der Waals surface area contributed by atoms with Gasteiger partial charge in [-0.15, -0.1) is 11.6 Å². The fourth-order valence-electron chi connectivity index (χ4n) is 7.80. The Morgan fingerprint density at radius 3 is 2.54 bits per heavy atom. The number of aliphatic hydroxyl groups is 1. The Bertz CT molecular complexity index is 755. The van der Waals surface area contributed by atoms with E-state index in [-0.39, 0.29) is 35.8 Å². The Morgan fingerprint density at radius 2 is 1.89 bits per heavy atom. The van der Waals surface area contributed by atoms with Gasteiger partial charge in [-0.1, -0.05) is 20.8 Å². The largest absolute Gasteiger partial charge is 0.381 e. The number of fused-ring (bicyclic) bond motifs is 5. The first-order valence-corrected chi connectivity index (χ1v) is 11.1. The van der Waals surface area contributed by atoms with Crippen LogP contribution in [-0.4, -0.2) is 39.6 Å². The quantitative estimate of drug-likeness (QED) is 0.702. The molecule has 156 valence electrons. The third-order valence-electron chi connectivity index (χ3n) is 9.44. The van der Waals surface area contributed by atoms with Crippen LogP contribution in [0.1, 0.15) is 65.7 Å². The molecule has 2 unspecified atom stereocenters. The van der Waals surface area contributed by atoms with Crippen molar-refractivity contribution in [3.8, 4) is 0 Å². The van der Waals surface area contributed by atoms with E-state index in [0.717, 1.165) is 0 Å². The summed E-state index contributed by atoms with van der Waals surface area (Å²) in [7, 11) is 0. The van der Waals surface area contributed by atoms with Gasteiger partial charge in [-0.25, -0.2) is 4.39 Å². The van der Waals surface area contributed by atoms with Crippen molar-refractivity contribution in [2.24, 2.45) is 34.5 Å². The molecule has 1 N–H and O–H groups in total. The van der Waals surface area contributed by atoms with E-state index in [1.54, 1.807) is 6.92 Å². The van der Waals surface area contributed by atoms with Crippen LogP contribution < -0.4 is 0 Å². The number of hydrogen-bond acceptors (Lipinski definition) is 4. The fourth-order valence-corrected chi connectivity index (χ4v) is 8.00. The van der Waals surface area contributed by atoms with Crippen molar-refractivity contribution < 1.29 is 23.9 Å². The average Bonchev–Trinajstić information content (AvgIpc) is 2.84. The molecule has 4 nitrogen and oxygen atoms in total. The highest BCUT2D eigenvalue weighted by atomic mass is 35.5. The van der Waals surface area contributed by atoms with Crippen LogP contribution in [0, 0.1) is 34.5 Å². The van der Waals surface area contributed by atoms with Gasteiger partial charge in [-0.3, -0.25) is 14.4 Å². The van der Waals surface area contributed by atoms with Crippen LogP contribution in [0.25, 0.3) is 0 Å². The van der Waals surface area contributed by atoms with E-state index in [0.29, 0.717) is 38.5 Å². The number of Topliss-reactive ketones (excluding diaryl/α,β-unsaturated/α-hetero) is 3. The van der Waals surface area contributed by atoms with Crippen LogP contribution in [-0.2, 0) is 14.4 Å².